The predicted molar refractivity (Wildman–Crippen MR) is 62.4 cm³/mol. The van der Waals surface area contributed by atoms with Gasteiger partial charge in [0.15, 0.2) is 0 Å². The Bertz CT molecular complexity index is 460. The van der Waals surface area contributed by atoms with E-state index in [-0.39, 0.29) is 6.10 Å². The molecule has 0 spiro atoms. The lowest BCUT2D eigenvalue weighted by Crippen LogP contribution is -2.38. The van der Waals surface area contributed by atoms with Crippen molar-refractivity contribution in [3.05, 3.63) is 16.8 Å². The van der Waals surface area contributed by atoms with Crippen LogP contribution in [0.5, 0.6) is 5.88 Å². The topological polar surface area (TPSA) is 84.8 Å². The largest absolute Gasteiger partial charge is 0.472 e. The summed E-state index contributed by atoms with van der Waals surface area (Å²) in [5.74, 6) is 0.904. The van der Waals surface area contributed by atoms with Crippen molar-refractivity contribution in [2.24, 2.45) is 11.7 Å². The number of aromatic nitrogens is 2. The SMILES string of the molecule is Cc1nnc(OC2CC(CN)C2)c(C#N)c1C. The van der Waals surface area contributed by atoms with Crippen LogP contribution in [0.2, 0.25) is 0 Å². The molecule has 0 atom stereocenters. The lowest BCUT2D eigenvalue weighted by Gasteiger charge is -2.34. The molecule has 5 nitrogen and oxygen atoms in total. The first kappa shape index (κ1) is 11.8. The third kappa shape index (κ3) is 2.22. The number of rotatable bonds is 3. The van der Waals surface area contributed by atoms with Gasteiger partial charge in [-0.1, -0.05) is 0 Å². The second-order valence-corrected chi connectivity index (χ2v) is 4.52. The summed E-state index contributed by atoms with van der Waals surface area (Å²) >= 11 is 0. The first-order valence-corrected chi connectivity index (χ1v) is 5.76. The lowest BCUT2D eigenvalue weighted by atomic mass is 9.82. The number of hydrogen-bond acceptors (Lipinski definition) is 5. The van der Waals surface area contributed by atoms with Crippen LogP contribution in [0.25, 0.3) is 0 Å². The van der Waals surface area contributed by atoms with E-state index < -0.39 is 0 Å². The minimum Gasteiger partial charge on any atom is -0.472 e. The van der Waals surface area contributed by atoms with Gasteiger partial charge in [0, 0.05) is 0 Å². The van der Waals surface area contributed by atoms with Crippen molar-refractivity contribution in [2.45, 2.75) is 32.8 Å². The second kappa shape index (κ2) is 4.68. The molecule has 1 heterocycles. The van der Waals surface area contributed by atoms with E-state index in [2.05, 4.69) is 16.3 Å². The van der Waals surface area contributed by atoms with Gasteiger partial charge in [-0.3, -0.25) is 0 Å². The number of aryl methyl sites for hydroxylation is 1. The molecular weight excluding hydrogens is 216 g/mol. The Kier molecular flexibility index (Phi) is 3.25. The number of ether oxygens (including phenoxy) is 1. The zero-order valence-corrected chi connectivity index (χ0v) is 10.1. The molecule has 0 amide bonds. The standard InChI is InChI=1S/C12H16N4O/c1-7-8(2)15-16-12(11(7)6-14)17-10-3-9(4-10)5-13/h9-10H,3-5,13H2,1-2H3. The highest BCUT2D eigenvalue weighted by molar-refractivity contribution is 5.45. The first-order chi connectivity index (χ1) is 8.15. The second-order valence-electron chi connectivity index (χ2n) is 4.52. The molecule has 0 saturated heterocycles. The maximum atomic E-state index is 9.11. The summed E-state index contributed by atoms with van der Waals surface area (Å²) < 4.78 is 5.69. The third-order valence-electron chi connectivity index (χ3n) is 3.34. The maximum Gasteiger partial charge on any atom is 0.252 e. The molecule has 0 aromatic carbocycles. The van der Waals surface area contributed by atoms with E-state index >= 15 is 0 Å². The van der Waals surface area contributed by atoms with E-state index in [1.807, 2.05) is 13.8 Å². The Labute approximate surface area is 101 Å². The summed E-state index contributed by atoms with van der Waals surface area (Å²) in [6, 6.07) is 2.13. The zero-order chi connectivity index (χ0) is 12.4. The molecule has 17 heavy (non-hydrogen) atoms. The molecule has 0 bridgehead atoms. The van der Waals surface area contributed by atoms with E-state index in [4.69, 9.17) is 15.7 Å². The Morgan fingerprint density at radius 2 is 2.12 bits per heavy atom. The van der Waals surface area contributed by atoms with Gasteiger partial charge < -0.3 is 10.5 Å². The fourth-order valence-corrected chi connectivity index (χ4v) is 1.92. The fraction of sp³-hybridized carbons (Fsp3) is 0.583. The number of nitrogens with two attached hydrogens (primary N) is 1. The van der Waals surface area contributed by atoms with E-state index in [0.717, 1.165) is 24.1 Å². The summed E-state index contributed by atoms with van der Waals surface area (Å²) in [5.41, 5.74) is 7.65. The van der Waals surface area contributed by atoms with Gasteiger partial charge in [-0.2, -0.15) is 10.4 Å². The molecule has 0 unspecified atom stereocenters. The molecule has 1 aromatic rings. The molecule has 90 valence electrons. The van der Waals surface area contributed by atoms with Crippen LogP contribution in [0.4, 0.5) is 0 Å². The Hall–Kier alpha value is -1.67. The van der Waals surface area contributed by atoms with Crippen LogP contribution in [-0.2, 0) is 0 Å². The number of nitrogens with zero attached hydrogens (tertiary/aromatic N) is 3. The van der Waals surface area contributed by atoms with Gasteiger partial charge in [-0.15, -0.1) is 5.10 Å². The van der Waals surface area contributed by atoms with Crippen molar-refractivity contribution in [3.63, 3.8) is 0 Å². The van der Waals surface area contributed by atoms with Crippen molar-refractivity contribution in [3.8, 4) is 11.9 Å². The van der Waals surface area contributed by atoms with Gasteiger partial charge in [0.05, 0.1) is 5.69 Å². The molecular formula is C12H16N4O. The minimum atomic E-state index is 0.132. The van der Waals surface area contributed by atoms with E-state index in [0.29, 0.717) is 23.9 Å². The monoisotopic (exact) mass is 232 g/mol. The number of hydrogen-bond donors (Lipinski definition) is 1. The van der Waals surface area contributed by atoms with Crippen molar-refractivity contribution >= 4 is 0 Å². The summed E-state index contributed by atoms with van der Waals surface area (Å²) in [4.78, 5) is 0. The highest BCUT2D eigenvalue weighted by Gasteiger charge is 2.31. The van der Waals surface area contributed by atoms with Crippen LogP contribution in [0.15, 0.2) is 0 Å². The Balaban J connectivity index is 2.12. The molecule has 1 aromatic heterocycles. The average Bonchev–Trinajstić information content (AvgIpc) is 2.27. The first-order valence-electron chi connectivity index (χ1n) is 5.76. The van der Waals surface area contributed by atoms with Gasteiger partial charge in [-0.25, -0.2) is 0 Å². The normalized spacial score (nSPS) is 22.7. The summed E-state index contributed by atoms with van der Waals surface area (Å²) in [6.07, 6.45) is 2.01. The van der Waals surface area contributed by atoms with Crippen molar-refractivity contribution in [2.75, 3.05) is 6.54 Å². The van der Waals surface area contributed by atoms with E-state index in [9.17, 15) is 0 Å². The molecule has 2 rings (SSSR count). The lowest BCUT2D eigenvalue weighted by molar-refractivity contribution is 0.0635. The molecule has 1 saturated carbocycles. The minimum absolute atomic E-state index is 0.132. The summed E-state index contributed by atoms with van der Waals surface area (Å²) in [7, 11) is 0. The van der Waals surface area contributed by atoms with E-state index in [1.54, 1.807) is 0 Å². The predicted octanol–water partition coefficient (Wildman–Crippen LogP) is 1.08. The van der Waals surface area contributed by atoms with E-state index in [1.165, 1.54) is 0 Å². The Morgan fingerprint density at radius 3 is 2.71 bits per heavy atom. The van der Waals surface area contributed by atoms with Crippen LogP contribution in [0, 0.1) is 31.1 Å². The van der Waals surface area contributed by atoms with Crippen molar-refractivity contribution in [1.29, 1.82) is 5.26 Å². The number of nitriles is 1. The van der Waals surface area contributed by atoms with Gasteiger partial charge in [0.25, 0.3) is 5.88 Å². The smallest absolute Gasteiger partial charge is 0.252 e. The van der Waals surface area contributed by atoms with Crippen molar-refractivity contribution < 1.29 is 4.74 Å². The highest BCUT2D eigenvalue weighted by atomic mass is 16.5. The van der Waals surface area contributed by atoms with Gasteiger partial charge >= 0.3 is 0 Å². The highest BCUT2D eigenvalue weighted by Crippen LogP contribution is 2.31. The van der Waals surface area contributed by atoms with Crippen LogP contribution in [-0.4, -0.2) is 22.8 Å². The Morgan fingerprint density at radius 1 is 1.41 bits per heavy atom. The maximum absolute atomic E-state index is 9.11. The molecule has 2 N–H and O–H groups in total. The molecule has 0 aliphatic heterocycles. The molecule has 1 aliphatic carbocycles. The van der Waals surface area contributed by atoms with Crippen LogP contribution in [0.1, 0.15) is 29.7 Å². The average molecular weight is 232 g/mol. The van der Waals surface area contributed by atoms with Crippen molar-refractivity contribution in [1.82, 2.24) is 10.2 Å². The summed E-state index contributed by atoms with van der Waals surface area (Å²) in [5, 5.41) is 17.1. The third-order valence-corrected chi connectivity index (χ3v) is 3.34. The molecule has 0 radical (unpaired) electrons. The molecule has 1 fully saturated rings. The van der Waals surface area contributed by atoms with Gasteiger partial charge in [0.2, 0.25) is 0 Å². The molecule has 1 aliphatic rings. The van der Waals surface area contributed by atoms with Crippen LogP contribution in [0.3, 0.4) is 0 Å². The molecule has 5 heteroatoms. The van der Waals surface area contributed by atoms with Crippen LogP contribution >= 0.6 is 0 Å². The quantitative estimate of drug-likeness (QED) is 0.842. The van der Waals surface area contributed by atoms with Gasteiger partial charge in [-0.05, 0) is 44.7 Å². The van der Waals surface area contributed by atoms with Crippen LogP contribution < -0.4 is 10.5 Å². The van der Waals surface area contributed by atoms with Gasteiger partial charge in [0.1, 0.15) is 17.7 Å². The fourth-order valence-electron chi connectivity index (χ4n) is 1.92. The summed E-state index contributed by atoms with van der Waals surface area (Å²) in [6.45, 7) is 4.39. The zero-order valence-electron chi connectivity index (χ0n) is 10.1.